The van der Waals surface area contributed by atoms with Crippen LogP contribution < -0.4 is 5.32 Å². The lowest BCUT2D eigenvalue weighted by atomic mass is 9.96. The minimum Gasteiger partial charge on any atom is -0.344 e. The van der Waals surface area contributed by atoms with E-state index in [4.69, 9.17) is 0 Å². The van der Waals surface area contributed by atoms with Crippen molar-refractivity contribution in [2.45, 2.75) is 30.8 Å². The molecule has 0 aromatic heterocycles. The lowest BCUT2D eigenvalue weighted by molar-refractivity contribution is -0.137. The van der Waals surface area contributed by atoms with E-state index in [0.29, 0.717) is 18.8 Å². The summed E-state index contributed by atoms with van der Waals surface area (Å²) in [6, 6.07) is 28.9. The van der Waals surface area contributed by atoms with Gasteiger partial charge in [-0.3, -0.25) is 14.5 Å². The molecule has 6 heteroatoms. The van der Waals surface area contributed by atoms with Crippen LogP contribution in [0.5, 0.6) is 0 Å². The second kappa shape index (κ2) is 12.0. The Balaban J connectivity index is 1.42. The molecule has 1 N–H and O–H groups in total. The standard InChI is InChI=1S/C29H33N3O2S/c1-22-13-15-26(16-14-22)35-21-27(30-23(2)33)29(34)32-19-17-31(18-20-32)28(24-9-5-3-6-10-24)25-11-7-4-8-12-25/h3-16,27-28H,17-21H2,1-2H3,(H,30,33). The van der Waals surface area contributed by atoms with Gasteiger partial charge in [0, 0.05) is 43.8 Å². The van der Waals surface area contributed by atoms with Crippen LogP contribution in [-0.2, 0) is 9.59 Å². The predicted molar refractivity (Wildman–Crippen MR) is 142 cm³/mol. The molecule has 0 spiro atoms. The number of benzene rings is 3. The number of rotatable bonds is 8. The largest absolute Gasteiger partial charge is 0.344 e. The second-order valence-electron chi connectivity index (χ2n) is 8.96. The molecule has 1 aliphatic rings. The third-order valence-electron chi connectivity index (χ3n) is 6.33. The number of hydrogen-bond donors (Lipinski definition) is 1. The third-order valence-corrected chi connectivity index (χ3v) is 7.44. The number of nitrogens with one attached hydrogen (secondary N) is 1. The lowest BCUT2D eigenvalue weighted by Gasteiger charge is -2.40. The van der Waals surface area contributed by atoms with E-state index in [1.165, 1.54) is 23.6 Å². The van der Waals surface area contributed by atoms with Gasteiger partial charge in [-0.05, 0) is 30.2 Å². The van der Waals surface area contributed by atoms with E-state index in [2.05, 4.69) is 89.9 Å². The Bertz CT molecular complexity index is 1060. The van der Waals surface area contributed by atoms with Crippen molar-refractivity contribution >= 4 is 23.6 Å². The first-order valence-corrected chi connectivity index (χ1v) is 13.1. The van der Waals surface area contributed by atoms with Gasteiger partial charge in [-0.15, -0.1) is 11.8 Å². The molecule has 0 aliphatic carbocycles. The van der Waals surface area contributed by atoms with Crippen molar-refractivity contribution in [3.8, 4) is 0 Å². The van der Waals surface area contributed by atoms with E-state index in [-0.39, 0.29) is 17.9 Å². The molecule has 4 rings (SSSR count). The Morgan fingerprint density at radius 1 is 0.829 bits per heavy atom. The Kier molecular flexibility index (Phi) is 8.61. The van der Waals surface area contributed by atoms with E-state index >= 15 is 0 Å². The number of carbonyl (C=O) groups excluding carboxylic acids is 2. The summed E-state index contributed by atoms with van der Waals surface area (Å²) in [7, 11) is 0. The van der Waals surface area contributed by atoms with Crippen LogP contribution in [0.4, 0.5) is 0 Å². The zero-order valence-electron chi connectivity index (χ0n) is 20.4. The average Bonchev–Trinajstić information content (AvgIpc) is 2.89. The third kappa shape index (κ3) is 6.74. The summed E-state index contributed by atoms with van der Waals surface area (Å²) >= 11 is 1.60. The van der Waals surface area contributed by atoms with E-state index in [1.807, 2.05) is 17.0 Å². The number of carbonyl (C=O) groups is 2. The highest BCUT2D eigenvalue weighted by atomic mass is 32.2. The van der Waals surface area contributed by atoms with Crippen LogP contribution in [-0.4, -0.2) is 59.6 Å². The van der Waals surface area contributed by atoms with Gasteiger partial charge in [0.05, 0.1) is 6.04 Å². The van der Waals surface area contributed by atoms with Gasteiger partial charge in [0.1, 0.15) is 6.04 Å². The highest BCUT2D eigenvalue weighted by Gasteiger charge is 2.31. The Morgan fingerprint density at radius 3 is 1.89 bits per heavy atom. The molecule has 182 valence electrons. The fraction of sp³-hybridized carbons (Fsp3) is 0.310. The molecular weight excluding hydrogens is 454 g/mol. The summed E-state index contributed by atoms with van der Waals surface area (Å²) in [6.07, 6.45) is 0. The molecule has 0 radical (unpaired) electrons. The van der Waals surface area contributed by atoms with Crippen LogP contribution in [0.15, 0.2) is 89.8 Å². The summed E-state index contributed by atoms with van der Waals surface area (Å²) in [5.41, 5.74) is 3.71. The maximum absolute atomic E-state index is 13.4. The summed E-state index contributed by atoms with van der Waals surface area (Å²) in [4.78, 5) is 30.7. The van der Waals surface area contributed by atoms with Gasteiger partial charge in [0.2, 0.25) is 11.8 Å². The van der Waals surface area contributed by atoms with Crippen molar-refractivity contribution in [1.29, 1.82) is 0 Å². The van der Waals surface area contributed by atoms with Gasteiger partial charge in [-0.25, -0.2) is 0 Å². The molecule has 2 amide bonds. The van der Waals surface area contributed by atoms with Crippen LogP contribution in [0.25, 0.3) is 0 Å². The van der Waals surface area contributed by atoms with Gasteiger partial charge >= 0.3 is 0 Å². The minimum atomic E-state index is -0.538. The molecule has 1 unspecified atom stereocenters. The first-order chi connectivity index (χ1) is 17.0. The van der Waals surface area contributed by atoms with Crippen molar-refractivity contribution in [2.75, 3.05) is 31.9 Å². The summed E-state index contributed by atoms with van der Waals surface area (Å²) in [6.45, 7) is 6.35. The molecule has 0 bridgehead atoms. The fourth-order valence-corrected chi connectivity index (χ4v) is 5.45. The zero-order valence-corrected chi connectivity index (χ0v) is 21.2. The molecule has 35 heavy (non-hydrogen) atoms. The molecule has 5 nitrogen and oxygen atoms in total. The number of hydrogen-bond acceptors (Lipinski definition) is 4. The highest BCUT2D eigenvalue weighted by Crippen LogP contribution is 2.29. The monoisotopic (exact) mass is 487 g/mol. The maximum Gasteiger partial charge on any atom is 0.246 e. The van der Waals surface area contributed by atoms with Crippen molar-refractivity contribution < 1.29 is 9.59 Å². The number of aryl methyl sites for hydroxylation is 1. The molecular formula is C29H33N3O2S. The summed E-state index contributed by atoms with van der Waals surface area (Å²) < 4.78 is 0. The van der Waals surface area contributed by atoms with Crippen molar-refractivity contribution in [3.63, 3.8) is 0 Å². The lowest BCUT2D eigenvalue weighted by Crippen LogP contribution is -2.56. The van der Waals surface area contributed by atoms with E-state index < -0.39 is 6.04 Å². The summed E-state index contributed by atoms with van der Waals surface area (Å²) in [5.74, 6) is 0.327. The quantitative estimate of drug-likeness (QED) is 0.475. The molecule has 1 fully saturated rings. The first-order valence-electron chi connectivity index (χ1n) is 12.1. The van der Waals surface area contributed by atoms with Gasteiger partial charge < -0.3 is 10.2 Å². The Morgan fingerprint density at radius 2 is 1.37 bits per heavy atom. The average molecular weight is 488 g/mol. The van der Waals surface area contributed by atoms with E-state index in [9.17, 15) is 9.59 Å². The topological polar surface area (TPSA) is 52.7 Å². The number of amides is 2. The van der Waals surface area contributed by atoms with Gasteiger partial charge in [0.25, 0.3) is 0 Å². The van der Waals surface area contributed by atoms with Gasteiger partial charge in [0.15, 0.2) is 0 Å². The van der Waals surface area contributed by atoms with Crippen LogP contribution in [0, 0.1) is 6.92 Å². The van der Waals surface area contributed by atoms with Gasteiger partial charge in [-0.2, -0.15) is 0 Å². The molecule has 0 saturated carbocycles. The number of thioether (sulfide) groups is 1. The van der Waals surface area contributed by atoms with E-state index in [1.54, 1.807) is 11.8 Å². The number of nitrogens with zero attached hydrogens (tertiary/aromatic N) is 2. The van der Waals surface area contributed by atoms with Gasteiger partial charge in [-0.1, -0.05) is 78.4 Å². The summed E-state index contributed by atoms with van der Waals surface area (Å²) in [5, 5.41) is 2.88. The van der Waals surface area contributed by atoms with Crippen LogP contribution in [0.1, 0.15) is 29.7 Å². The van der Waals surface area contributed by atoms with Crippen LogP contribution in [0.2, 0.25) is 0 Å². The second-order valence-corrected chi connectivity index (χ2v) is 10.1. The predicted octanol–water partition coefficient (Wildman–Crippen LogP) is 4.53. The molecule has 3 aromatic rings. The zero-order chi connectivity index (χ0) is 24.6. The molecule has 1 aliphatic heterocycles. The highest BCUT2D eigenvalue weighted by molar-refractivity contribution is 7.99. The normalized spacial score (nSPS) is 15.1. The Labute approximate surface area is 212 Å². The van der Waals surface area contributed by atoms with Crippen LogP contribution in [0.3, 0.4) is 0 Å². The molecule has 1 atom stereocenters. The Hall–Kier alpha value is -3.09. The fourth-order valence-electron chi connectivity index (χ4n) is 4.54. The molecule has 3 aromatic carbocycles. The van der Waals surface area contributed by atoms with Crippen molar-refractivity contribution in [3.05, 3.63) is 102 Å². The maximum atomic E-state index is 13.4. The minimum absolute atomic E-state index is 0.00423. The van der Waals surface area contributed by atoms with Crippen molar-refractivity contribution in [2.24, 2.45) is 0 Å². The first kappa shape index (κ1) is 25.0. The number of piperazine rings is 1. The molecule has 1 saturated heterocycles. The van der Waals surface area contributed by atoms with E-state index in [0.717, 1.165) is 18.0 Å². The van der Waals surface area contributed by atoms with Crippen molar-refractivity contribution in [1.82, 2.24) is 15.1 Å². The van der Waals surface area contributed by atoms with Crippen LogP contribution >= 0.6 is 11.8 Å². The SMILES string of the molecule is CC(=O)NC(CSc1ccc(C)cc1)C(=O)N1CCN(C(c2ccccc2)c2ccccc2)CC1. The smallest absolute Gasteiger partial charge is 0.246 e. The molecule has 1 heterocycles.